The van der Waals surface area contributed by atoms with Crippen LogP contribution in [0.4, 0.5) is 5.69 Å². The number of hydrogen-bond acceptors (Lipinski definition) is 7. The number of methoxy groups -OCH3 is 1. The average molecular weight is 466 g/mol. The lowest BCUT2D eigenvalue weighted by atomic mass is 10.1. The van der Waals surface area contributed by atoms with E-state index in [1.807, 2.05) is 47.3 Å². The van der Waals surface area contributed by atoms with Gasteiger partial charge in [-0.1, -0.05) is 41.6 Å². The first-order valence-corrected chi connectivity index (χ1v) is 11.0. The molecule has 0 saturated carbocycles. The third-order valence-corrected chi connectivity index (χ3v) is 6.02. The molecule has 1 aromatic heterocycles. The minimum Gasteiger partial charge on any atom is -0.465 e. The van der Waals surface area contributed by atoms with E-state index in [-0.39, 0.29) is 24.3 Å². The number of nitrogens with one attached hydrogen (secondary N) is 2. The Morgan fingerprint density at radius 1 is 1.12 bits per heavy atom. The topological polar surface area (TPSA) is 99.5 Å². The lowest BCUT2D eigenvalue weighted by Crippen LogP contribution is -2.45. The van der Waals surface area contributed by atoms with Crippen molar-refractivity contribution in [1.82, 2.24) is 20.3 Å². The fourth-order valence-electron chi connectivity index (χ4n) is 4.19. The van der Waals surface area contributed by atoms with E-state index < -0.39 is 5.97 Å². The molecule has 33 heavy (non-hydrogen) atoms. The summed E-state index contributed by atoms with van der Waals surface area (Å²) in [5.74, 6) is -0.404. The average Bonchev–Trinajstić information content (AvgIpc) is 3.57. The predicted molar refractivity (Wildman–Crippen MR) is 125 cm³/mol. The van der Waals surface area contributed by atoms with Crippen LogP contribution in [0.1, 0.15) is 16.4 Å². The Bertz CT molecular complexity index is 1150. The van der Waals surface area contributed by atoms with Gasteiger partial charge in [-0.2, -0.15) is 0 Å². The third-order valence-electron chi connectivity index (χ3n) is 5.80. The number of anilines is 1. The second kappa shape index (κ2) is 9.26. The fourth-order valence-corrected chi connectivity index (χ4v) is 4.46. The number of aromatic nitrogens is 3. The molecule has 2 aromatic carbocycles. The number of ether oxygens (including phenoxy) is 3. The first-order valence-electron chi connectivity index (χ1n) is 10.6. The quantitative estimate of drug-likeness (QED) is 0.435. The zero-order valence-corrected chi connectivity index (χ0v) is 18.7. The Morgan fingerprint density at radius 2 is 1.94 bits per heavy atom. The molecule has 0 amide bonds. The van der Waals surface area contributed by atoms with Gasteiger partial charge < -0.3 is 24.8 Å². The number of carbonyl (C=O) groups is 1. The van der Waals surface area contributed by atoms with E-state index in [4.69, 9.17) is 26.4 Å². The van der Waals surface area contributed by atoms with Crippen molar-refractivity contribution in [2.45, 2.75) is 24.3 Å². The molecule has 170 valence electrons. The van der Waals surface area contributed by atoms with Crippen LogP contribution in [0.25, 0.3) is 11.3 Å². The number of nitrogens with zero attached hydrogens (tertiary/aromatic N) is 3. The highest BCUT2D eigenvalue weighted by atomic mass is 32.1. The summed E-state index contributed by atoms with van der Waals surface area (Å²) in [6.45, 7) is 0.933. The van der Waals surface area contributed by atoms with Crippen molar-refractivity contribution in [3.63, 3.8) is 0 Å². The number of carbonyl (C=O) groups excluding carboxylic acids is 1. The summed E-state index contributed by atoms with van der Waals surface area (Å²) in [4.78, 5) is 11.7. The van der Waals surface area contributed by atoms with Crippen molar-refractivity contribution >= 4 is 29.0 Å². The van der Waals surface area contributed by atoms with Gasteiger partial charge in [0.15, 0.2) is 5.11 Å². The van der Waals surface area contributed by atoms with Crippen molar-refractivity contribution in [3.8, 4) is 11.3 Å². The van der Waals surface area contributed by atoms with Gasteiger partial charge in [0.2, 0.25) is 0 Å². The number of rotatable bonds is 5. The van der Waals surface area contributed by atoms with Crippen LogP contribution in [-0.4, -0.2) is 64.6 Å². The van der Waals surface area contributed by atoms with Crippen molar-refractivity contribution < 1.29 is 19.0 Å². The molecule has 0 unspecified atom stereocenters. The van der Waals surface area contributed by atoms with E-state index in [0.717, 1.165) is 11.3 Å². The van der Waals surface area contributed by atoms with Crippen molar-refractivity contribution in [3.05, 3.63) is 66.4 Å². The standard InChI is InChI=1S/C23H23N5O4S/c1-30-22(29)15-8-5-9-16(10-15)24-23(33)25-18-12-31-21-19(13-32-20(18)21)28-11-17(26-27-28)14-6-3-2-4-7-14/h2-11,18-21H,12-13H2,1H3,(H2,24,25,33)/t18-,19+,20-,21+/m1/s1. The first-order chi connectivity index (χ1) is 16.1. The Kier molecular flexibility index (Phi) is 6.03. The van der Waals surface area contributed by atoms with Crippen LogP contribution in [-0.2, 0) is 14.2 Å². The second-order valence-electron chi connectivity index (χ2n) is 7.89. The van der Waals surface area contributed by atoms with Gasteiger partial charge in [-0.3, -0.25) is 0 Å². The van der Waals surface area contributed by atoms with Crippen LogP contribution >= 0.6 is 12.2 Å². The molecule has 2 N–H and O–H groups in total. The van der Waals surface area contributed by atoms with Crippen molar-refractivity contribution in [2.75, 3.05) is 25.6 Å². The first kappa shape index (κ1) is 21.5. The van der Waals surface area contributed by atoms with Crippen LogP contribution in [0.5, 0.6) is 0 Å². The molecule has 2 saturated heterocycles. The Hall–Kier alpha value is -3.34. The van der Waals surface area contributed by atoms with Gasteiger partial charge in [0.25, 0.3) is 0 Å². The monoisotopic (exact) mass is 465 g/mol. The van der Waals surface area contributed by atoms with Gasteiger partial charge in [-0.05, 0) is 30.4 Å². The van der Waals surface area contributed by atoms with Gasteiger partial charge in [0, 0.05) is 11.3 Å². The predicted octanol–water partition coefficient (Wildman–Crippen LogP) is 2.43. The van der Waals surface area contributed by atoms with Gasteiger partial charge in [0.1, 0.15) is 23.9 Å². The fraction of sp³-hybridized carbons (Fsp3) is 0.304. The molecule has 0 radical (unpaired) electrons. The summed E-state index contributed by atoms with van der Waals surface area (Å²) >= 11 is 5.47. The van der Waals surface area contributed by atoms with Gasteiger partial charge in [-0.15, -0.1) is 5.10 Å². The molecule has 2 fully saturated rings. The largest absolute Gasteiger partial charge is 0.465 e. The molecule has 3 heterocycles. The lowest BCUT2D eigenvalue weighted by molar-refractivity contribution is 0.0600. The zero-order chi connectivity index (χ0) is 22.8. The summed E-state index contributed by atoms with van der Waals surface area (Å²) in [5.41, 5.74) is 2.96. The van der Waals surface area contributed by atoms with Gasteiger partial charge in [0.05, 0.1) is 38.1 Å². The lowest BCUT2D eigenvalue weighted by Gasteiger charge is -2.20. The highest BCUT2D eigenvalue weighted by molar-refractivity contribution is 7.80. The Labute approximate surface area is 196 Å². The molecular weight excluding hydrogens is 442 g/mol. The molecule has 4 atom stereocenters. The number of fused-ring (bicyclic) bond motifs is 1. The second-order valence-corrected chi connectivity index (χ2v) is 8.30. The molecule has 10 heteroatoms. The van der Waals surface area contributed by atoms with Crippen LogP contribution in [0, 0.1) is 0 Å². The van der Waals surface area contributed by atoms with Crippen molar-refractivity contribution in [2.24, 2.45) is 0 Å². The molecule has 2 aliphatic heterocycles. The van der Waals surface area contributed by atoms with Gasteiger partial charge >= 0.3 is 5.97 Å². The van der Waals surface area contributed by atoms with E-state index in [2.05, 4.69) is 20.9 Å². The molecule has 0 aliphatic carbocycles. The Morgan fingerprint density at radius 3 is 2.76 bits per heavy atom. The summed E-state index contributed by atoms with van der Waals surface area (Å²) < 4.78 is 18.7. The highest BCUT2D eigenvalue weighted by Crippen LogP contribution is 2.34. The number of thiocarbonyl (C=S) groups is 1. The van der Waals surface area contributed by atoms with E-state index >= 15 is 0 Å². The summed E-state index contributed by atoms with van der Waals surface area (Å²) in [7, 11) is 1.35. The van der Waals surface area contributed by atoms with Crippen LogP contribution in [0.3, 0.4) is 0 Å². The molecule has 5 rings (SSSR count). The molecule has 9 nitrogen and oxygen atoms in total. The third kappa shape index (κ3) is 4.45. The minimum atomic E-state index is -0.404. The number of benzene rings is 2. The maximum Gasteiger partial charge on any atom is 0.337 e. The molecule has 3 aromatic rings. The SMILES string of the molecule is COC(=O)c1cccc(NC(=S)N[C@@H]2CO[C@@H]3[C@@H]2OC[C@@H]3n2cc(-c3ccccc3)nn2)c1. The normalized spacial score (nSPS) is 23.7. The number of esters is 1. The number of hydrogen-bond donors (Lipinski definition) is 2. The zero-order valence-electron chi connectivity index (χ0n) is 17.9. The van der Waals surface area contributed by atoms with E-state index in [0.29, 0.717) is 29.6 Å². The van der Waals surface area contributed by atoms with Crippen LogP contribution in [0.2, 0.25) is 0 Å². The summed E-state index contributed by atoms with van der Waals surface area (Å²) in [5, 5.41) is 15.4. The van der Waals surface area contributed by atoms with Crippen molar-refractivity contribution in [1.29, 1.82) is 0 Å². The van der Waals surface area contributed by atoms with Gasteiger partial charge in [-0.25, -0.2) is 9.48 Å². The minimum absolute atomic E-state index is 0.0648. The smallest absolute Gasteiger partial charge is 0.337 e. The van der Waals surface area contributed by atoms with Crippen LogP contribution in [0.15, 0.2) is 60.8 Å². The molecule has 0 spiro atoms. The maximum atomic E-state index is 11.7. The summed E-state index contributed by atoms with van der Waals surface area (Å²) in [6.07, 6.45) is 1.61. The molecule has 2 aliphatic rings. The Balaban J connectivity index is 1.21. The molecular formula is C23H23N5O4S. The summed E-state index contributed by atoms with van der Waals surface area (Å²) in [6, 6.07) is 16.7. The highest BCUT2D eigenvalue weighted by Gasteiger charge is 2.49. The maximum absolute atomic E-state index is 11.7. The van der Waals surface area contributed by atoms with E-state index in [1.54, 1.807) is 18.2 Å². The molecule has 0 bridgehead atoms. The van der Waals surface area contributed by atoms with E-state index in [1.165, 1.54) is 7.11 Å². The van der Waals surface area contributed by atoms with E-state index in [9.17, 15) is 4.79 Å². The van der Waals surface area contributed by atoms with Crippen LogP contribution < -0.4 is 10.6 Å².